The third kappa shape index (κ3) is 7.29. The van der Waals surface area contributed by atoms with Gasteiger partial charge in [0, 0.05) is 15.2 Å². The first-order chi connectivity index (χ1) is 12.1. The van der Waals surface area contributed by atoms with Crippen molar-refractivity contribution in [2.24, 2.45) is 0 Å². The fraction of sp³-hybridized carbons (Fsp3) is 0.529. The van der Waals surface area contributed by atoms with Crippen LogP contribution in [0.3, 0.4) is 0 Å². The number of carbonyl (C=O) groups is 1. The monoisotopic (exact) mass is 637 g/mol. The minimum atomic E-state index is -2.83. The molecule has 0 aliphatic rings. The Hall–Kier alpha value is -0.183. The molecule has 6 nitrogen and oxygen atoms in total. The molecular weight excluding hydrogens is 612 g/mol. The highest BCUT2D eigenvalue weighted by Gasteiger charge is 2.32. The quantitative estimate of drug-likeness (QED) is 0.286. The molecule has 0 aromatic heterocycles. The van der Waals surface area contributed by atoms with Crippen LogP contribution in [0.2, 0.25) is 25.7 Å². The van der Waals surface area contributed by atoms with Crippen molar-refractivity contribution in [3.8, 4) is 0 Å². The lowest BCUT2D eigenvalue weighted by Gasteiger charge is -2.29. The summed E-state index contributed by atoms with van der Waals surface area (Å²) in [6.07, 6.45) is -1.40. The van der Waals surface area contributed by atoms with Crippen LogP contribution >= 0.6 is 45.2 Å². The van der Waals surface area contributed by atoms with Crippen molar-refractivity contribution < 1.29 is 23.1 Å². The molecule has 0 unspecified atom stereocenters. The number of amides is 1. The lowest BCUT2D eigenvalue weighted by atomic mass is 9.85. The second-order valence-corrected chi connectivity index (χ2v) is 17.2. The predicted molar refractivity (Wildman–Crippen MR) is 129 cm³/mol. The van der Waals surface area contributed by atoms with Gasteiger partial charge in [-0.25, -0.2) is 9.69 Å². The molecule has 0 saturated carbocycles. The standard InChI is InChI=1S/C17H25I2NO5SSi/c1-17(2,3)14-12(19)9-11(18)10-13(14)20(15(21)22)16(26(23)24)25-7-8-27(4,5)6/h9-10H,7-8H2,1-6H3,(H,21,22). The average molecular weight is 637 g/mol. The van der Waals surface area contributed by atoms with Crippen LogP contribution in [0.1, 0.15) is 26.3 Å². The summed E-state index contributed by atoms with van der Waals surface area (Å²) in [5.74, 6) is 0. The molecule has 1 aromatic carbocycles. The van der Waals surface area contributed by atoms with E-state index in [9.17, 15) is 18.3 Å². The zero-order valence-electron chi connectivity index (χ0n) is 16.3. The number of anilines is 1. The summed E-state index contributed by atoms with van der Waals surface area (Å²) in [5, 5.41) is 9.25. The van der Waals surface area contributed by atoms with E-state index >= 15 is 0 Å². The summed E-state index contributed by atoms with van der Waals surface area (Å²) in [6.45, 7) is 12.5. The number of hydrogen-bond acceptors (Lipinski definition) is 4. The largest absolute Gasteiger partial charge is 0.464 e. The summed E-state index contributed by atoms with van der Waals surface area (Å²) in [6, 6.07) is 4.33. The van der Waals surface area contributed by atoms with E-state index in [0.717, 1.165) is 23.6 Å². The van der Waals surface area contributed by atoms with Gasteiger partial charge in [0.2, 0.25) is 0 Å². The molecule has 0 atom stereocenters. The van der Waals surface area contributed by atoms with Crippen molar-refractivity contribution in [3.63, 3.8) is 0 Å². The summed E-state index contributed by atoms with van der Waals surface area (Å²) >= 11 is 4.24. The van der Waals surface area contributed by atoms with Crippen molar-refractivity contribution in [3.05, 3.63) is 24.8 Å². The average Bonchev–Trinajstić information content (AvgIpc) is 2.41. The highest BCUT2D eigenvalue weighted by molar-refractivity contribution is 14.1. The molecule has 1 rings (SSSR count). The van der Waals surface area contributed by atoms with E-state index in [1.165, 1.54) is 0 Å². The van der Waals surface area contributed by atoms with Gasteiger partial charge in [-0.1, -0.05) is 40.4 Å². The Balaban J connectivity index is 3.57. The number of halogens is 2. The van der Waals surface area contributed by atoms with Crippen LogP contribution in [0.25, 0.3) is 0 Å². The number of nitrogens with zero attached hydrogens (tertiary/aromatic N) is 1. The number of ether oxygens (including phenoxy) is 1. The Kier molecular flexibility index (Phi) is 8.79. The molecule has 0 saturated heterocycles. The van der Waals surface area contributed by atoms with Gasteiger partial charge in [-0.15, -0.1) is 0 Å². The smallest absolute Gasteiger partial charge is 0.418 e. The lowest BCUT2D eigenvalue weighted by molar-refractivity contribution is 0.202. The van der Waals surface area contributed by atoms with Gasteiger partial charge in [0.05, 0.1) is 12.3 Å². The summed E-state index contributed by atoms with van der Waals surface area (Å²) in [5.41, 5.74) is 0.665. The highest BCUT2D eigenvalue weighted by Crippen LogP contribution is 2.37. The molecule has 0 bridgehead atoms. The molecule has 0 radical (unpaired) electrons. The zero-order chi connectivity index (χ0) is 21.2. The molecule has 10 heteroatoms. The minimum absolute atomic E-state index is 0.161. The van der Waals surface area contributed by atoms with E-state index < -0.39 is 35.0 Å². The Morgan fingerprint density at radius 2 is 1.78 bits per heavy atom. The summed E-state index contributed by atoms with van der Waals surface area (Å²) < 4.78 is 30.9. The third-order valence-corrected chi connectivity index (χ3v) is 7.38. The van der Waals surface area contributed by atoms with Crippen molar-refractivity contribution in [2.75, 3.05) is 11.5 Å². The first-order valence-corrected chi connectivity index (χ1v) is 15.2. The fourth-order valence-corrected chi connectivity index (χ4v) is 6.23. The van der Waals surface area contributed by atoms with E-state index in [-0.39, 0.29) is 6.61 Å². The fourth-order valence-electron chi connectivity index (χ4n) is 2.39. The first-order valence-electron chi connectivity index (χ1n) is 8.27. The van der Waals surface area contributed by atoms with E-state index in [1.54, 1.807) is 6.07 Å². The van der Waals surface area contributed by atoms with E-state index in [0.29, 0.717) is 5.69 Å². The number of benzene rings is 1. The van der Waals surface area contributed by atoms with Crippen LogP contribution in [0.4, 0.5) is 10.5 Å². The summed E-state index contributed by atoms with van der Waals surface area (Å²) in [7, 11) is -4.30. The van der Waals surface area contributed by atoms with Crippen LogP contribution in [0, 0.1) is 7.14 Å². The van der Waals surface area contributed by atoms with Gasteiger partial charge in [-0.2, -0.15) is 8.42 Å². The maximum atomic E-state index is 12.1. The molecular formula is C17H25I2NO5SSi. The molecule has 0 fully saturated rings. The van der Waals surface area contributed by atoms with Gasteiger partial charge < -0.3 is 9.84 Å². The van der Waals surface area contributed by atoms with Crippen molar-refractivity contribution in [2.45, 2.75) is 51.9 Å². The van der Waals surface area contributed by atoms with Gasteiger partial charge in [-0.3, -0.25) is 0 Å². The molecule has 1 N–H and O–H groups in total. The SMILES string of the molecule is CC(C)(C)c1c(I)cc(I)cc1N(C(=O)O)C(OCC[Si](C)(C)C)=S(=O)=O. The lowest BCUT2D eigenvalue weighted by Crippen LogP contribution is -2.40. The Bertz CT molecular complexity index is 849. The topological polar surface area (TPSA) is 83.9 Å². The van der Waals surface area contributed by atoms with Crippen LogP contribution in [0.15, 0.2) is 12.1 Å². The first kappa shape index (κ1) is 24.9. The molecule has 0 aliphatic carbocycles. The van der Waals surface area contributed by atoms with Crippen molar-refractivity contribution in [1.82, 2.24) is 0 Å². The van der Waals surface area contributed by atoms with Gasteiger partial charge in [0.25, 0.3) is 15.5 Å². The molecule has 152 valence electrons. The van der Waals surface area contributed by atoms with Gasteiger partial charge in [0.15, 0.2) is 0 Å². The van der Waals surface area contributed by atoms with Crippen molar-refractivity contribution in [1.29, 1.82) is 0 Å². The van der Waals surface area contributed by atoms with Crippen LogP contribution in [-0.4, -0.2) is 39.5 Å². The molecule has 1 aromatic rings. The van der Waals surface area contributed by atoms with Gasteiger partial charge >= 0.3 is 6.09 Å². The van der Waals surface area contributed by atoms with Crippen LogP contribution in [0.5, 0.6) is 0 Å². The molecule has 0 heterocycles. The summed E-state index contributed by atoms with van der Waals surface area (Å²) in [4.78, 5) is 12.8. The Labute approximate surface area is 190 Å². The number of carboxylic acid groups (broad SMARTS) is 1. The van der Waals surface area contributed by atoms with Crippen molar-refractivity contribution >= 4 is 80.5 Å². The molecule has 27 heavy (non-hydrogen) atoms. The Morgan fingerprint density at radius 1 is 1.22 bits per heavy atom. The molecule has 0 spiro atoms. The number of hydrogen-bond donors (Lipinski definition) is 1. The van der Waals surface area contributed by atoms with E-state index in [4.69, 9.17) is 4.74 Å². The normalized spacial score (nSPS) is 12.0. The molecule has 0 aliphatic heterocycles. The second-order valence-electron chi connectivity index (χ2n) is 8.31. The van der Waals surface area contributed by atoms with E-state index in [1.807, 2.05) is 26.8 Å². The van der Waals surface area contributed by atoms with Crippen LogP contribution < -0.4 is 4.90 Å². The Morgan fingerprint density at radius 3 is 2.19 bits per heavy atom. The molecule has 1 amide bonds. The number of rotatable bonds is 4. The van der Waals surface area contributed by atoms with E-state index in [2.05, 4.69) is 64.8 Å². The minimum Gasteiger partial charge on any atom is -0.464 e. The second kappa shape index (κ2) is 9.54. The predicted octanol–water partition coefficient (Wildman–Crippen LogP) is 5.00. The van der Waals surface area contributed by atoms with Gasteiger partial charge in [0.1, 0.15) is 0 Å². The van der Waals surface area contributed by atoms with Crippen LogP contribution in [-0.2, 0) is 20.4 Å². The highest BCUT2D eigenvalue weighted by atomic mass is 127. The zero-order valence-corrected chi connectivity index (χ0v) is 22.4. The maximum Gasteiger partial charge on any atom is 0.418 e. The van der Waals surface area contributed by atoms with Gasteiger partial charge in [-0.05, 0) is 74.3 Å². The third-order valence-electron chi connectivity index (χ3n) is 3.62. The maximum absolute atomic E-state index is 12.1.